The second-order valence-corrected chi connectivity index (χ2v) is 8.21. The maximum atomic E-state index is 12.3. The number of amides is 1. The number of hydrogen-bond donors (Lipinski definition) is 2. The zero-order valence-corrected chi connectivity index (χ0v) is 18.1. The predicted octanol–water partition coefficient (Wildman–Crippen LogP) is 3.85. The summed E-state index contributed by atoms with van der Waals surface area (Å²) in [6.07, 6.45) is -0.859. The first-order chi connectivity index (χ1) is 15.0. The third kappa shape index (κ3) is 5.67. The van der Waals surface area contributed by atoms with E-state index in [1.165, 1.54) is 18.3 Å². The number of aromatic amines is 1. The van der Waals surface area contributed by atoms with E-state index in [9.17, 15) is 18.4 Å². The minimum absolute atomic E-state index is 0.0342. The number of carbonyl (C=O) groups excluding carboxylic acids is 1. The molecular weight excluding hydrogens is 442 g/mol. The molecule has 0 atom stereocenters. The molecule has 7 nitrogen and oxygen atoms in total. The highest BCUT2D eigenvalue weighted by Gasteiger charge is 2.25. The minimum Gasteiger partial charge on any atom is -0.472 e. The number of nitrogens with two attached hydrogens (primary N) is 1. The van der Waals surface area contributed by atoms with Crippen LogP contribution in [0.3, 0.4) is 0 Å². The summed E-state index contributed by atoms with van der Waals surface area (Å²) in [6.45, 7) is 2.72. The molecule has 1 aromatic carbocycles. The summed E-state index contributed by atoms with van der Waals surface area (Å²) in [7, 11) is 0. The summed E-state index contributed by atoms with van der Waals surface area (Å²) in [5.41, 5.74) is 6.36. The van der Waals surface area contributed by atoms with E-state index in [-0.39, 0.29) is 11.7 Å². The monoisotopic (exact) mass is 462 g/mol. The summed E-state index contributed by atoms with van der Waals surface area (Å²) in [5, 5.41) is 0.361. The summed E-state index contributed by atoms with van der Waals surface area (Å²) < 4.78 is 29.4. The first-order valence-corrected chi connectivity index (χ1v) is 10.0. The van der Waals surface area contributed by atoms with Gasteiger partial charge in [0, 0.05) is 34.9 Å². The largest absolute Gasteiger partial charge is 0.472 e. The van der Waals surface area contributed by atoms with Crippen molar-refractivity contribution in [1.29, 1.82) is 0 Å². The van der Waals surface area contributed by atoms with Gasteiger partial charge in [0.15, 0.2) is 6.61 Å². The van der Waals surface area contributed by atoms with Gasteiger partial charge in [0.2, 0.25) is 11.8 Å². The molecule has 0 aliphatic carbocycles. The van der Waals surface area contributed by atoms with Gasteiger partial charge in [-0.1, -0.05) is 31.5 Å². The lowest BCUT2D eigenvalue weighted by Gasteiger charge is -2.20. The number of aromatic nitrogens is 3. The number of alkyl halides is 2. The molecule has 0 aliphatic rings. The third-order valence-corrected chi connectivity index (χ3v) is 5.06. The Bertz CT molecular complexity index is 1180. The second kappa shape index (κ2) is 9.44. The van der Waals surface area contributed by atoms with Crippen molar-refractivity contribution >= 4 is 17.5 Å². The number of halogens is 3. The van der Waals surface area contributed by atoms with Gasteiger partial charge in [0.25, 0.3) is 12.0 Å². The zero-order valence-electron chi connectivity index (χ0n) is 17.4. The highest BCUT2D eigenvalue weighted by Crippen LogP contribution is 2.30. The average molecular weight is 463 g/mol. The van der Waals surface area contributed by atoms with E-state index in [2.05, 4.69) is 15.0 Å². The molecule has 0 saturated carbocycles. The fraction of sp³-hybridized carbons (Fsp3) is 0.273. The van der Waals surface area contributed by atoms with E-state index in [4.69, 9.17) is 22.1 Å². The van der Waals surface area contributed by atoms with Crippen molar-refractivity contribution in [2.45, 2.75) is 26.7 Å². The molecule has 1 amide bonds. The van der Waals surface area contributed by atoms with Crippen LogP contribution in [0, 0.1) is 5.41 Å². The van der Waals surface area contributed by atoms with Crippen molar-refractivity contribution < 1.29 is 18.3 Å². The lowest BCUT2D eigenvalue weighted by atomic mass is 9.85. The maximum absolute atomic E-state index is 12.3. The van der Waals surface area contributed by atoms with Crippen molar-refractivity contribution in [2.75, 3.05) is 6.61 Å². The highest BCUT2D eigenvalue weighted by molar-refractivity contribution is 6.33. The van der Waals surface area contributed by atoms with Crippen molar-refractivity contribution in [2.24, 2.45) is 11.1 Å². The van der Waals surface area contributed by atoms with Crippen LogP contribution in [0.1, 0.15) is 19.4 Å². The summed E-state index contributed by atoms with van der Waals surface area (Å²) >= 11 is 6.35. The molecule has 32 heavy (non-hydrogen) atoms. The Morgan fingerprint density at radius 1 is 1.25 bits per heavy atom. The number of pyridine rings is 1. The third-order valence-electron chi connectivity index (χ3n) is 4.73. The SMILES string of the molecule is CC(C)(Cc1ccc(Cl)c(-c2nc(-c3ccc(OCC(F)F)nc3)cc(=O)[nH]2)c1)C(N)=O. The van der Waals surface area contributed by atoms with Gasteiger partial charge in [-0.3, -0.25) is 9.59 Å². The molecule has 0 fully saturated rings. The van der Waals surface area contributed by atoms with Gasteiger partial charge in [0.05, 0.1) is 10.7 Å². The van der Waals surface area contributed by atoms with Crippen LogP contribution < -0.4 is 16.0 Å². The summed E-state index contributed by atoms with van der Waals surface area (Å²) in [5.74, 6) is -0.169. The molecule has 168 valence electrons. The molecule has 10 heteroatoms. The van der Waals surface area contributed by atoms with Gasteiger partial charge < -0.3 is 15.5 Å². The predicted molar refractivity (Wildman–Crippen MR) is 117 cm³/mol. The zero-order chi connectivity index (χ0) is 23.5. The number of benzene rings is 1. The van der Waals surface area contributed by atoms with Crippen molar-refractivity contribution in [1.82, 2.24) is 15.0 Å². The smallest absolute Gasteiger partial charge is 0.272 e. The van der Waals surface area contributed by atoms with Gasteiger partial charge >= 0.3 is 0 Å². The normalized spacial score (nSPS) is 11.6. The van der Waals surface area contributed by atoms with Gasteiger partial charge in [-0.15, -0.1) is 0 Å². The van der Waals surface area contributed by atoms with Gasteiger partial charge in [0.1, 0.15) is 5.82 Å². The molecule has 0 saturated heterocycles. The summed E-state index contributed by atoms with van der Waals surface area (Å²) in [4.78, 5) is 35.1. The second-order valence-electron chi connectivity index (χ2n) is 7.81. The van der Waals surface area contributed by atoms with E-state index in [0.29, 0.717) is 28.3 Å². The van der Waals surface area contributed by atoms with Crippen LogP contribution in [0.5, 0.6) is 5.88 Å². The average Bonchev–Trinajstić information content (AvgIpc) is 2.73. The molecule has 3 rings (SSSR count). The number of nitrogens with one attached hydrogen (secondary N) is 1. The van der Waals surface area contributed by atoms with Crippen LogP contribution >= 0.6 is 11.6 Å². The van der Waals surface area contributed by atoms with Crippen LogP contribution in [-0.4, -0.2) is 33.9 Å². The Labute approximate surface area is 187 Å². The fourth-order valence-electron chi connectivity index (χ4n) is 2.96. The topological polar surface area (TPSA) is 111 Å². The van der Waals surface area contributed by atoms with Gasteiger partial charge in [-0.25, -0.2) is 18.7 Å². The molecule has 3 aromatic rings. The van der Waals surface area contributed by atoms with Crippen LogP contribution in [0.2, 0.25) is 5.02 Å². The Hall–Kier alpha value is -3.33. The van der Waals surface area contributed by atoms with Crippen LogP contribution in [0.4, 0.5) is 8.78 Å². The molecule has 0 spiro atoms. The molecule has 0 unspecified atom stereocenters. The number of nitrogens with zero attached hydrogens (tertiary/aromatic N) is 2. The first kappa shape index (κ1) is 23.3. The first-order valence-electron chi connectivity index (χ1n) is 9.62. The molecule has 2 aromatic heterocycles. The number of carbonyl (C=O) groups is 1. The van der Waals surface area contributed by atoms with E-state index in [1.54, 1.807) is 38.1 Å². The van der Waals surface area contributed by atoms with E-state index in [0.717, 1.165) is 5.56 Å². The number of rotatable bonds is 8. The van der Waals surface area contributed by atoms with Crippen LogP contribution in [0.25, 0.3) is 22.6 Å². The standard InChI is InChI=1S/C22H21ClF2N4O3/c1-22(2,21(26)31)9-12-3-5-15(23)14(7-12)20-28-16(8-18(30)29-20)13-4-6-19(27-10-13)32-11-17(24)25/h3-8,10,17H,9,11H2,1-2H3,(H2,26,31)(H,28,29,30). The Morgan fingerprint density at radius 2 is 2.00 bits per heavy atom. The van der Waals surface area contributed by atoms with Gasteiger partial charge in [-0.2, -0.15) is 0 Å². The molecular formula is C22H21ClF2N4O3. The molecule has 0 radical (unpaired) electrons. The van der Waals surface area contributed by atoms with E-state index in [1.807, 2.05) is 0 Å². The number of hydrogen-bond acceptors (Lipinski definition) is 5. The molecule has 2 heterocycles. The number of primary amides is 1. The highest BCUT2D eigenvalue weighted by atomic mass is 35.5. The molecule has 3 N–H and O–H groups in total. The number of ether oxygens (including phenoxy) is 1. The maximum Gasteiger partial charge on any atom is 0.272 e. The Kier molecular flexibility index (Phi) is 6.88. The van der Waals surface area contributed by atoms with E-state index < -0.39 is 29.9 Å². The molecule has 0 aliphatic heterocycles. The van der Waals surface area contributed by atoms with Crippen molar-refractivity contribution in [3.8, 4) is 28.5 Å². The fourth-order valence-corrected chi connectivity index (χ4v) is 3.17. The van der Waals surface area contributed by atoms with Crippen LogP contribution in [0.15, 0.2) is 47.4 Å². The lowest BCUT2D eigenvalue weighted by molar-refractivity contribution is -0.125. The van der Waals surface area contributed by atoms with Crippen LogP contribution in [-0.2, 0) is 11.2 Å². The van der Waals surface area contributed by atoms with Crippen molar-refractivity contribution in [3.05, 3.63) is 63.5 Å². The number of H-pyrrole nitrogens is 1. The lowest BCUT2D eigenvalue weighted by Crippen LogP contribution is -2.33. The van der Waals surface area contributed by atoms with Crippen molar-refractivity contribution in [3.63, 3.8) is 0 Å². The quantitative estimate of drug-likeness (QED) is 0.528. The van der Waals surface area contributed by atoms with E-state index >= 15 is 0 Å². The Balaban J connectivity index is 1.94. The molecule has 0 bridgehead atoms. The van der Waals surface area contributed by atoms with Gasteiger partial charge in [-0.05, 0) is 30.2 Å². The minimum atomic E-state index is -2.61. The Morgan fingerprint density at radius 3 is 2.62 bits per heavy atom. The summed E-state index contributed by atoms with van der Waals surface area (Å²) in [6, 6.07) is 9.45.